The number of amides is 1. The van der Waals surface area contributed by atoms with Crippen molar-refractivity contribution in [3.05, 3.63) is 95.0 Å². The molecule has 0 bridgehead atoms. The standard InChI is InChI=1S/C22H21ClN2O3S/c1-16(17-7-3-2-4-8-17)15-24-22(26)18-11-13-19(14-12-18)29(27,28)25-21-10-6-5-9-20(21)23/h2-14,16,25H,15H2,1H3,(H,24,26). The maximum Gasteiger partial charge on any atom is 0.261 e. The highest BCUT2D eigenvalue weighted by atomic mass is 35.5. The monoisotopic (exact) mass is 428 g/mol. The van der Waals surface area contributed by atoms with Crippen molar-refractivity contribution in [3.63, 3.8) is 0 Å². The van der Waals surface area contributed by atoms with E-state index in [0.717, 1.165) is 5.56 Å². The van der Waals surface area contributed by atoms with Crippen molar-refractivity contribution in [2.24, 2.45) is 0 Å². The highest BCUT2D eigenvalue weighted by molar-refractivity contribution is 7.92. The van der Waals surface area contributed by atoms with E-state index >= 15 is 0 Å². The molecule has 3 aromatic carbocycles. The molecule has 0 saturated heterocycles. The number of para-hydroxylation sites is 1. The van der Waals surface area contributed by atoms with Gasteiger partial charge in [0.1, 0.15) is 0 Å². The number of hydrogen-bond acceptors (Lipinski definition) is 3. The van der Waals surface area contributed by atoms with Gasteiger partial charge in [0, 0.05) is 12.1 Å². The molecule has 3 rings (SSSR count). The Morgan fingerprint density at radius 3 is 2.21 bits per heavy atom. The molecule has 2 N–H and O–H groups in total. The highest BCUT2D eigenvalue weighted by Gasteiger charge is 2.17. The first kappa shape index (κ1) is 20.9. The summed E-state index contributed by atoms with van der Waals surface area (Å²) < 4.78 is 27.5. The Bertz CT molecular complexity index is 1080. The molecule has 0 radical (unpaired) electrons. The Balaban J connectivity index is 1.64. The molecule has 0 aromatic heterocycles. The van der Waals surface area contributed by atoms with Gasteiger partial charge in [0.15, 0.2) is 0 Å². The van der Waals surface area contributed by atoms with Crippen molar-refractivity contribution in [1.82, 2.24) is 5.32 Å². The van der Waals surface area contributed by atoms with E-state index in [1.807, 2.05) is 37.3 Å². The van der Waals surface area contributed by atoms with Crippen LogP contribution in [0.1, 0.15) is 28.8 Å². The molecule has 29 heavy (non-hydrogen) atoms. The Kier molecular flexibility index (Phi) is 6.56. The molecule has 150 valence electrons. The summed E-state index contributed by atoms with van der Waals surface area (Å²) >= 11 is 6.01. The van der Waals surface area contributed by atoms with Gasteiger partial charge in [-0.2, -0.15) is 0 Å². The molecule has 0 spiro atoms. The fourth-order valence-corrected chi connectivity index (χ4v) is 4.10. The second-order valence-electron chi connectivity index (χ2n) is 6.63. The first-order valence-electron chi connectivity index (χ1n) is 9.07. The van der Waals surface area contributed by atoms with Gasteiger partial charge < -0.3 is 5.32 Å². The predicted molar refractivity (Wildman–Crippen MR) is 116 cm³/mol. The van der Waals surface area contributed by atoms with Gasteiger partial charge in [0.2, 0.25) is 0 Å². The fourth-order valence-electron chi connectivity index (χ4n) is 2.78. The van der Waals surface area contributed by atoms with Gasteiger partial charge in [0.25, 0.3) is 15.9 Å². The van der Waals surface area contributed by atoms with Gasteiger partial charge in [-0.25, -0.2) is 8.42 Å². The summed E-state index contributed by atoms with van der Waals surface area (Å²) in [5.74, 6) is -0.0876. The molecule has 0 aliphatic rings. The molecule has 0 saturated carbocycles. The van der Waals surface area contributed by atoms with Crippen LogP contribution in [0.25, 0.3) is 0 Å². The quantitative estimate of drug-likeness (QED) is 0.574. The summed E-state index contributed by atoms with van der Waals surface area (Å²) in [7, 11) is -3.81. The van der Waals surface area contributed by atoms with Crippen LogP contribution >= 0.6 is 11.6 Å². The van der Waals surface area contributed by atoms with Crippen LogP contribution in [-0.2, 0) is 10.0 Å². The van der Waals surface area contributed by atoms with Crippen molar-refractivity contribution in [1.29, 1.82) is 0 Å². The minimum absolute atomic E-state index is 0.0478. The molecule has 7 heteroatoms. The van der Waals surface area contributed by atoms with Crippen LogP contribution in [0.5, 0.6) is 0 Å². The summed E-state index contributed by atoms with van der Waals surface area (Å²) in [5, 5.41) is 3.19. The van der Waals surface area contributed by atoms with Gasteiger partial charge in [-0.05, 0) is 47.9 Å². The number of nitrogens with one attached hydrogen (secondary N) is 2. The largest absolute Gasteiger partial charge is 0.351 e. The lowest BCUT2D eigenvalue weighted by Gasteiger charge is -2.13. The number of rotatable bonds is 7. The van der Waals surface area contributed by atoms with E-state index in [-0.39, 0.29) is 16.7 Å². The number of halogens is 1. The van der Waals surface area contributed by atoms with E-state index in [9.17, 15) is 13.2 Å². The third-order valence-corrected chi connectivity index (χ3v) is 6.19. The molecule has 1 amide bonds. The van der Waals surface area contributed by atoms with E-state index in [4.69, 9.17) is 11.6 Å². The van der Waals surface area contributed by atoms with E-state index in [1.165, 1.54) is 24.3 Å². The third kappa shape index (κ3) is 5.37. The van der Waals surface area contributed by atoms with Crippen LogP contribution in [0.15, 0.2) is 83.8 Å². The number of carbonyl (C=O) groups excluding carboxylic acids is 1. The second-order valence-corrected chi connectivity index (χ2v) is 8.72. The van der Waals surface area contributed by atoms with E-state index in [1.54, 1.807) is 24.3 Å². The molecular formula is C22H21ClN2O3S. The van der Waals surface area contributed by atoms with Crippen LogP contribution in [0.3, 0.4) is 0 Å². The van der Waals surface area contributed by atoms with E-state index in [2.05, 4.69) is 10.0 Å². The van der Waals surface area contributed by atoms with Crippen LogP contribution in [0.2, 0.25) is 5.02 Å². The van der Waals surface area contributed by atoms with Crippen LogP contribution in [0, 0.1) is 0 Å². The maximum absolute atomic E-state index is 12.5. The SMILES string of the molecule is CC(CNC(=O)c1ccc(S(=O)(=O)Nc2ccccc2Cl)cc1)c1ccccc1. The number of hydrogen-bond donors (Lipinski definition) is 2. The molecule has 0 heterocycles. The zero-order valence-electron chi connectivity index (χ0n) is 15.8. The van der Waals surface area contributed by atoms with Crippen molar-refractivity contribution < 1.29 is 13.2 Å². The molecular weight excluding hydrogens is 408 g/mol. The number of anilines is 1. The first-order chi connectivity index (χ1) is 13.9. The summed E-state index contributed by atoms with van der Waals surface area (Å²) in [4.78, 5) is 12.4. The molecule has 0 aliphatic carbocycles. The molecule has 1 unspecified atom stereocenters. The Morgan fingerprint density at radius 2 is 1.55 bits per heavy atom. The average molecular weight is 429 g/mol. The minimum atomic E-state index is -3.81. The molecule has 3 aromatic rings. The Hall–Kier alpha value is -2.83. The third-order valence-electron chi connectivity index (χ3n) is 4.48. The minimum Gasteiger partial charge on any atom is -0.351 e. The lowest BCUT2D eigenvalue weighted by molar-refractivity contribution is 0.0951. The topological polar surface area (TPSA) is 75.3 Å². The van der Waals surface area contributed by atoms with Gasteiger partial charge in [-0.1, -0.05) is 61.0 Å². The van der Waals surface area contributed by atoms with Gasteiger partial charge in [0.05, 0.1) is 15.6 Å². The summed E-state index contributed by atoms with van der Waals surface area (Å²) in [6, 6.07) is 22.3. The van der Waals surface area contributed by atoms with Crippen LogP contribution in [-0.4, -0.2) is 20.9 Å². The summed E-state index contributed by atoms with van der Waals surface area (Å²) in [5.41, 5.74) is 1.83. The van der Waals surface area contributed by atoms with Gasteiger partial charge in [-0.15, -0.1) is 0 Å². The van der Waals surface area contributed by atoms with Crippen molar-refractivity contribution in [2.45, 2.75) is 17.7 Å². The fraction of sp³-hybridized carbons (Fsp3) is 0.136. The predicted octanol–water partition coefficient (Wildman–Crippen LogP) is 4.67. The Morgan fingerprint density at radius 1 is 0.931 bits per heavy atom. The first-order valence-corrected chi connectivity index (χ1v) is 10.9. The van der Waals surface area contributed by atoms with Crippen molar-refractivity contribution >= 4 is 33.2 Å². The number of sulfonamides is 1. The lowest BCUT2D eigenvalue weighted by Crippen LogP contribution is -2.27. The molecule has 0 aliphatic heterocycles. The smallest absolute Gasteiger partial charge is 0.261 e. The maximum atomic E-state index is 12.5. The number of carbonyl (C=O) groups is 1. The summed E-state index contributed by atoms with van der Waals surface area (Å²) in [6.45, 7) is 2.52. The normalized spacial score (nSPS) is 12.2. The molecule has 1 atom stereocenters. The zero-order valence-corrected chi connectivity index (χ0v) is 17.4. The average Bonchev–Trinajstić information content (AvgIpc) is 2.74. The highest BCUT2D eigenvalue weighted by Crippen LogP contribution is 2.24. The molecule has 0 fully saturated rings. The lowest BCUT2D eigenvalue weighted by atomic mass is 10.0. The number of benzene rings is 3. The summed E-state index contributed by atoms with van der Waals surface area (Å²) in [6.07, 6.45) is 0. The van der Waals surface area contributed by atoms with Crippen molar-refractivity contribution in [2.75, 3.05) is 11.3 Å². The van der Waals surface area contributed by atoms with E-state index in [0.29, 0.717) is 22.8 Å². The van der Waals surface area contributed by atoms with E-state index < -0.39 is 10.0 Å². The van der Waals surface area contributed by atoms with Crippen LogP contribution in [0.4, 0.5) is 5.69 Å². The molecule has 5 nitrogen and oxygen atoms in total. The second kappa shape index (κ2) is 9.11. The van der Waals surface area contributed by atoms with Crippen LogP contribution < -0.4 is 10.0 Å². The van der Waals surface area contributed by atoms with Gasteiger partial charge in [-0.3, -0.25) is 9.52 Å². The van der Waals surface area contributed by atoms with Crippen molar-refractivity contribution in [3.8, 4) is 0 Å². The zero-order chi connectivity index (χ0) is 20.9. The Labute approximate surface area is 175 Å². The van der Waals surface area contributed by atoms with Gasteiger partial charge >= 0.3 is 0 Å².